The first kappa shape index (κ1) is 66.5. The number of aromatic amines is 1. The second-order valence-electron chi connectivity index (χ2n) is 27.0. The van der Waals surface area contributed by atoms with Gasteiger partial charge in [0.2, 0.25) is 23.5 Å². The molecular formula is C65H83F3N11O8S2Si-. The lowest BCUT2D eigenvalue weighted by Gasteiger charge is -2.40. The Bertz CT molecular complexity index is 3590. The largest absolute Gasteiger partial charge is 0.754 e. The summed E-state index contributed by atoms with van der Waals surface area (Å²) in [6.45, 7) is 23.9. The number of carbonyl (C=O) groups excluding carboxylic acids is 4. The number of fused-ring (bicyclic) bond motifs is 1. The highest BCUT2D eigenvalue weighted by Crippen LogP contribution is 2.40. The van der Waals surface area contributed by atoms with Gasteiger partial charge in [0.05, 0.1) is 64.8 Å². The van der Waals surface area contributed by atoms with E-state index in [1.54, 1.807) is 34.0 Å². The third-order valence-corrected chi connectivity index (χ3v) is 24.9. The fourth-order valence-electron chi connectivity index (χ4n) is 12.5. The number of piperazine rings is 1. The number of thiazole rings is 1. The Morgan fingerprint density at radius 1 is 0.878 bits per heavy atom. The quantitative estimate of drug-likeness (QED) is 0.0318. The number of pyridine rings is 1. The fraction of sp³-hybridized carbons (Fsp3) is 0.508. The summed E-state index contributed by atoms with van der Waals surface area (Å²) in [4.78, 5) is 78.8. The average Bonchev–Trinajstić information content (AvgIpc) is 1.53. The number of likely N-dealkylation sites (tertiary alicyclic amines) is 2. The number of aromatic nitrogens is 3. The minimum atomic E-state index is -3.09. The third-order valence-electron chi connectivity index (χ3n) is 18.7. The number of halogens is 3. The highest BCUT2D eigenvalue weighted by molar-refractivity contribution is 7.80. The van der Waals surface area contributed by atoms with Gasteiger partial charge in [0.25, 0.3) is 0 Å². The van der Waals surface area contributed by atoms with Crippen molar-refractivity contribution < 1.29 is 50.6 Å². The fourth-order valence-corrected chi connectivity index (χ4v) is 15.3. The molecule has 484 valence electrons. The van der Waals surface area contributed by atoms with Crippen LogP contribution in [-0.2, 0) is 30.1 Å². The van der Waals surface area contributed by atoms with Crippen molar-refractivity contribution in [3.05, 3.63) is 119 Å². The number of piperidine rings is 1. The summed E-state index contributed by atoms with van der Waals surface area (Å²) in [6.07, 6.45) is 3.38. The number of carbonyl (C=O) groups is 4. The first-order chi connectivity index (χ1) is 42.7. The van der Waals surface area contributed by atoms with Crippen LogP contribution in [0.3, 0.4) is 0 Å². The monoisotopic (exact) mass is 1290 g/mol. The summed E-state index contributed by atoms with van der Waals surface area (Å²) in [6, 6.07) is 16.6. The molecule has 19 nitrogen and oxygen atoms in total. The van der Waals surface area contributed by atoms with Gasteiger partial charge in [0.15, 0.2) is 14.1 Å². The minimum Gasteiger partial charge on any atom is -0.754 e. The Morgan fingerprint density at radius 3 is 2.18 bits per heavy atom. The standard InChI is InChI=1S/C65H84F3N11O8S2Si/c1-40-59(88-39-71-40)44-12-10-43(11-13-44)52(38-80)72-62(83)54-31-48(87-90(8,9)65(5,6)7)36-78(54)63(84)60(64(2,3)4)73-55(81)37-74-23-20-41(21-24-74)34-75-26-28-76(29-27-75)47-16-14-42(15-17-47)45-30-49-50(33-70-61(49)69-32-45)58(82)56-51(67)18-19-53(57(56)68)79(89(85)86)77-25-22-46(66)35-77/h10-19,30,32-33,39,41,46,48,52,54,60,80H,20-29,31,34-38H2,1-9H3,(H,69,70)(H,72,83)(H,73,81)(H,85,86)/p-1/t46-,48-,52+,54+,60-/m1/s1. The van der Waals surface area contributed by atoms with E-state index in [2.05, 4.69) is 74.2 Å². The Morgan fingerprint density at radius 2 is 1.57 bits per heavy atom. The molecule has 0 spiro atoms. The second kappa shape index (κ2) is 27.4. The van der Waals surface area contributed by atoms with Crippen LogP contribution in [0, 0.1) is 29.9 Å². The van der Waals surface area contributed by atoms with Crippen molar-refractivity contribution in [3.8, 4) is 21.6 Å². The summed E-state index contributed by atoms with van der Waals surface area (Å²) >= 11 is -1.54. The average molecular weight is 1300 g/mol. The number of hydrogen-bond acceptors (Lipinski definition) is 15. The molecule has 3 aromatic carbocycles. The molecule has 4 aliphatic rings. The SMILES string of the molecule is Cc1ncsc1-c1ccc([C@H](CO)NC(=O)[C@@H]2C[C@@H](O[Si](C)(C)C(C)(C)C)CN2C(=O)[C@@H](NC(=O)CN2CCC(CN3CCN(c4ccc(-c5cnc6[nH]cc(C(=O)c7c(F)ccc(N(N8CC[C@@H](F)C8)S(=O)[O-])c7F)c6c5)cc4)CC3)CC2)C(C)(C)C)cc1. The molecule has 4 N–H and O–H groups in total. The van der Waals surface area contributed by atoms with Gasteiger partial charge in [-0.3, -0.25) is 33.2 Å². The molecule has 6 aromatic rings. The van der Waals surface area contributed by atoms with Crippen LogP contribution >= 0.6 is 11.3 Å². The highest BCUT2D eigenvalue weighted by atomic mass is 32.2. The van der Waals surface area contributed by atoms with E-state index >= 15 is 8.78 Å². The maximum atomic E-state index is 16.1. The van der Waals surface area contributed by atoms with E-state index in [9.17, 15) is 37.4 Å². The number of alkyl halides is 1. The van der Waals surface area contributed by atoms with Crippen molar-refractivity contribution in [2.24, 2.45) is 11.3 Å². The maximum absolute atomic E-state index is 16.1. The van der Waals surface area contributed by atoms with Crippen LogP contribution in [-0.4, -0.2) is 183 Å². The van der Waals surface area contributed by atoms with Gasteiger partial charge in [-0.2, -0.15) is 0 Å². The predicted molar refractivity (Wildman–Crippen MR) is 345 cm³/mol. The lowest BCUT2D eigenvalue weighted by atomic mass is 9.85. The van der Waals surface area contributed by atoms with Crippen LogP contribution in [0.15, 0.2) is 84.6 Å². The van der Waals surface area contributed by atoms with E-state index in [4.69, 9.17) is 4.43 Å². The van der Waals surface area contributed by atoms with Gasteiger partial charge in [0.1, 0.15) is 35.4 Å². The van der Waals surface area contributed by atoms with Crippen molar-refractivity contribution in [1.29, 1.82) is 0 Å². The zero-order valence-electron chi connectivity index (χ0n) is 52.7. The van der Waals surface area contributed by atoms with Crippen molar-refractivity contribution in [2.45, 2.75) is 123 Å². The number of aliphatic hydroxyl groups excluding tert-OH is 1. The normalized spacial score (nSPS) is 20.4. The topological polar surface area (TPSA) is 223 Å². The zero-order valence-corrected chi connectivity index (χ0v) is 55.3. The van der Waals surface area contributed by atoms with Crippen molar-refractivity contribution in [1.82, 2.24) is 45.3 Å². The molecule has 7 heterocycles. The molecule has 0 aliphatic carbocycles. The highest BCUT2D eigenvalue weighted by Gasteiger charge is 2.49. The van der Waals surface area contributed by atoms with E-state index in [0.29, 0.717) is 26.9 Å². The predicted octanol–water partition coefficient (Wildman–Crippen LogP) is 8.94. The summed E-state index contributed by atoms with van der Waals surface area (Å²) in [7, 11) is -2.33. The van der Waals surface area contributed by atoms with Gasteiger partial charge in [-0.15, -0.1) is 11.3 Å². The molecule has 1 unspecified atom stereocenters. The number of anilines is 2. The molecule has 10 rings (SSSR count). The van der Waals surface area contributed by atoms with Crippen LogP contribution in [0.2, 0.25) is 18.1 Å². The maximum Gasteiger partial charge on any atom is 0.246 e. The van der Waals surface area contributed by atoms with Crippen LogP contribution < -0.4 is 19.9 Å². The van der Waals surface area contributed by atoms with Gasteiger partial charge in [-0.05, 0) is 116 Å². The first-order valence-corrected chi connectivity index (χ1v) is 35.8. The van der Waals surface area contributed by atoms with E-state index in [-0.39, 0.29) is 68.0 Å². The first-order valence-electron chi connectivity index (χ1n) is 31.0. The van der Waals surface area contributed by atoms with E-state index in [1.807, 2.05) is 76.2 Å². The summed E-state index contributed by atoms with van der Waals surface area (Å²) in [5, 5.41) is 18.1. The molecule has 25 heteroatoms. The minimum absolute atomic E-state index is 0.0158. The van der Waals surface area contributed by atoms with Crippen molar-refractivity contribution in [3.63, 3.8) is 0 Å². The van der Waals surface area contributed by atoms with Gasteiger partial charge < -0.3 is 39.5 Å². The van der Waals surface area contributed by atoms with Gasteiger partial charge in [0, 0.05) is 86.8 Å². The molecule has 0 saturated carbocycles. The summed E-state index contributed by atoms with van der Waals surface area (Å²) < 4.78 is 77.5. The van der Waals surface area contributed by atoms with Crippen molar-refractivity contribution >= 4 is 76.8 Å². The number of nitrogens with zero attached hydrogens (tertiary/aromatic N) is 8. The van der Waals surface area contributed by atoms with E-state index in [0.717, 1.165) is 109 Å². The molecule has 4 aliphatic heterocycles. The molecule has 6 atom stereocenters. The number of ketones is 1. The number of hydrogen-bond donors (Lipinski definition) is 4. The number of rotatable bonds is 20. The summed E-state index contributed by atoms with van der Waals surface area (Å²) in [5.41, 5.74) is 4.95. The smallest absolute Gasteiger partial charge is 0.246 e. The van der Waals surface area contributed by atoms with Gasteiger partial charge in [-0.25, -0.2) is 32.6 Å². The number of amides is 3. The Hall–Kier alpha value is -6.42. The molecule has 4 saturated heterocycles. The Balaban J connectivity index is 0.714. The van der Waals surface area contributed by atoms with Crippen molar-refractivity contribution in [2.75, 3.05) is 87.9 Å². The Kier molecular flexibility index (Phi) is 20.3. The Labute approximate surface area is 532 Å². The van der Waals surface area contributed by atoms with Crippen LogP contribution in [0.5, 0.6) is 0 Å². The molecule has 3 amide bonds. The molecule has 90 heavy (non-hydrogen) atoms. The molecule has 4 fully saturated rings. The second-order valence-corrected chi connectivity index (χ2v) is 33.4. The lowest BCUT2D eigenvalue weighted by molar-refractivity contribution is -0.144. The van der Waals surface area contributed by atoms with Crippen LogP contribution in [0.1, 0.15) is 100 Å². The number of aliphatic hydroxyl groups is 1. The zero-order chi connectivity index (χ0) is 64.6. The van der Waals surface area contributed by atoms with Gasteiger partial charge in [-0.1, -0.05) is 77.9 Å². The molecule has 0 bridgehead atoms. The number of nitrogens with one attached hydrogen (secondary N) is 3. The molecule has 3 aromatic heterocycles. The lowest BCUT2D eigenvalue weighted by Crippen LogP contribution is -2.59. The number of benzene rings is 3. The summed E-state index contributed by atoms with van der Waals surface area (Å²) in [5.74, 6) is -4.13. The third kappa shape index (κ3) is 14.7. The number of aryl methyl sites for hydroxylation is 1. The van der Waals surface area contributed by atoms with Crippen LogP contribution in [0.25, 0.3) is 32.6 Å². The van der Waals surface area contributed by atoms with E-state index < -0.39 is 90.0 Å². The van der Waals surface area contributed by atoms with E-state index in [1.165, 1.54) is 6.20 Å². The van der Waals surface area contributed by atoms with Crippen LogP contribution in [0.4, 0.5) is 24.5 Å². The van der Waals surface area contributed by atoms with Gasteiger partial charge >= 0.3 is 0 Å². The number of hydrazine groups is 1. The molecule has 0 radical (unpaired) electrons. The number of H-pyrrole nitrogens is 1. The molecular weight excluding hydrogens is 1210 g/mol.